The van der Waals surface area contributed by atoms with E-state index in [1.165, 1.54) is 0 Å². The summed E-state index contributed by atoms with van der Waals surface area (Å²) in [5, 5.41) is 13.0. The van der Waals surface area contributed by atoms with Crippen LogP contribution in [0.2, 0.25) is 0 Å². The molecule has 0 aliphatic rings. The first-order valence-electron chi connectivity index (χ1n) is 7.59. The van der Waals surface area contributed by atoms with Crippen molar-refractivity contribution in [2.75, 3.05) is 16.4 Å². The molecule has 10 heteroatoms. The average Bonchev–Trinajstić information content (AvgIpc) is 3.10. The first kappa shape index (κ1) is 18.9. The van der Waals surface area contributed by atoms with Crippen molar-refractivity contribution in [3.8, 4) is 0 Å². The number of nitrogens with one attached hydrogen (secondary N) is 2. The van der Waals surface area contributed by atoms with Crippen LogP contribution in [-0.2, 0) is 4.79 Å². The van der Waals surface area contributed by atoms with Crippen molar-refractivity contribution in [1.82, 2.24) is 10.2 Å². The van der Waals surface area contributed by atoms with Gasteiger partial charge in [0.15, 0.2) is 4.34 Å². The van der Waals surface area contributed by atoms with Gasteiger partial charge in [0.25, 0.3) is 5.91 Å². The smallest absolute Gasteiger partial charge is 0.257 e. The zero-order valence-corrected chi connectivity index (χ0v) is 15.2. The fourth-order valence-corrected chi connectivity index (χ4v) is 3.53. The number of halogens is 2. The fourth-order valence-electron chi connectivity index (χ4n) is 1.98. The zero-order chi connectivity index (χ0) is 19.2. The predicted octanol–water partition coefficient (Wildman–Crippen LogP) is 3.80. The zero-order valence-electron chi connectivity index (χ0n) is 13.6. The van der Waals surface area contributed by atoms with Crippen molar-refractivity contribution in [2.45, 2.75) is 4.34 Å². The number of hydrogen-bond acceptors (Lipinski definition) is 6. The lowest BCUT2D eigenvalue weighted by Crippen LogP contribution is -2.15. The number of benzene rings is 2. The third kappa shape index (κ3) is 5.31. The summed E-state index contributed by atoms with van der Waals surface area (Å²) >= 11 is 2.20. The molecule has 2 aromatic carbocycles. The van der Waals surface area contributed by atoms with Gasteiger partial charge in [-0.25, -0.2) is 8.78 Å². The van der Waals surface area contributed by atoms with E-state index in [1.807, 2.05) is 0 Å². The number of carbonyl (C=O) groups excluding carboxylic acids is 2. The summed E-state index contributed by atoms with van der Waals surface area (Å²) in [7, 11) is 0. The Labute approximate surface area is 161 Å². The average molecular weight is 406 g/mol. The Hall–Kier alpha value is -2.85. The Morgan fingerprint density at radius 2 is 1.81 bits per heavy atom. The normalized spacial score (nSPS) is 10.4. The molecule has 0 spiro atoms. The van der Waals surface area contributed by atoms with Crippen LogP contribution in [-0.4, -0.2) is 27.8 Å². The van der Waals surface area contributed by atoms with Crippen LogP contribution < -0.4 is 10.6 Å². The maximum absolute atomic E-state index is 13.5. The van der Waals surface area contributed by atoms with Gasteiger partial charge in [0.05, 0.1) is 11.4 Å². The Morgan fingerprint density at radius 3 is 2.56 bits per heavy atom. The second kappa shape index (κ2) is 8.69. The highest BCUT2D eigenvalue weighted by Gasteiger charge is 2.13. The van der Waals surface area contributed by atoms with Gasteiger partial charge in [-0.2, -0.15) is 0 Å². The van der Waals surface area contributed by atoms with E-state index in [0.717, 1.165) is 35.2 Å². The summed E-state index contributed by atoms with van der Waals surface area (Å²) in [6.07, 6.45) is 0. The summed E-state index contributed by atoms with van der Waals surface area (Å²) in [6, 6.07) is 11.5. The SMILES string of the molecule is O=C(CSc1nnc(NC(=O)c2ccccc2)s1)Nc1ccc(F)cc1F. The molecule has 0 saturated heterocycles. The minimum atomic E-state index is -0.852. The number of hydrogen-bond donors (Lipinski definition) is 2. The van der Waals surface area contributed by atoms with Gasteiger partial charge < -0.3 is 5.32 Å². The van der Waals surface area contributed by atoms with Gasteiger partial charge in [0.1, 0.15) is 11.6 Å². The molecule has 0 atom stereocenters. The van der Waals surface area contributed by atoms with Crippen LogP contribution >= 0.6 is 23.1 Å². The van der Waals surface area contributed by atoms with Crippen molar-refractivity contribution in [2.24, 2.45) is 0 Å². The number of amides is 2. The fraction of sp³-hybridized carbons (Fsp3) is 0.0588. The van der Waals surface area contributed by atoms with Gasteiger partial charge in [0, 0.05) is 11.6 Å². The van der Waals surface area contributed by atoms with Crippen LogP contribution in [0.1, 0.15) is 10.4 Å². The summed E-state index contributed by atoms with van der Waals surface area (Å²) in [4.78, 5) is 23.9. The van der Waals surface area contributed by atoms with Crippen molar-refractivity contribution < 1.29 is 18.4 Å². The topological polar surface area (TPSA) is 84.0 Å². The highest BCUT2D eigenvalue weighted by atomic mass is 32.2. The summed E-state index contributed by atoms with van der Waals surface area (Å²) in [6.45, 7) is 0. The number of anilines is 2. The Kier molecular flexibility index (Phi) is 6.09. The van der Waals surface area contributed by atoms with Crippen molar-refractivity contribution in [1.29, 1.82) is 0 Å². The molecule has 0 aliphatic heterocycles. The Bertz CT molecular complexity index is 967. The summed E-state index contributed by atoms with van der Waals surface area (Å²) in [5.74, 6) is -2.41. The Balaban J connectivity index is 1.52. The quantitative estimate of drug-likeness (QED) is 0.481. The molecule has 3 rings (SSSR count). The molecule has 2 N–H and O–H groups in total. The molecule has 0 saturated carbocycles. The van der Waals surface area contributed by atoms with E-state index in [9.17, 15) is 18.4 Å². The van der Waals surface area contributed by atoms with Crippen LogP contribution in [0.4, 0.5) is 19.6 Å². The van der Waals surface area contributed by atoms with E-state index < -0.39 is 17.5 Å². The molecular weight excluding hydrogens is 394 g/mol. The van der Waals surface area contributed by atoms with Gasteiger partial charge in [0.2, 0.25) is 11.0 Å². The lowest BCUT2D eigenvalue weighted by atomic mass is 10.2. The van der Waals surface area contributed by atoms with Crippen LogP contribution in [0.5, 0.6) is 0 Å². The maximum atomic E-state index is 13.5. The van der Waals surface area contributed by atoms with Crippen molar-refractivity contribution >= 4 is 45.7 Å². The number of thioether (sulfide) groups is 1. The van der Waals surface area contributed by atoms with E-state index in [0.29, 0.717) is 21.1 Å². The third-order valence-corrected chi connectivity index (χ3v) is 5.17. The van der Waals surface area contributed by atoms with Crippen molar-refractivity contribution in [3.63, 3.8) is 0 Å². The molecule has 2 amide bonds. The second-order valence-electron chi connectivity index (χ2n) is 5.15. The van der Waals surface area contributed by atoms with Gasteiger partial charge in [-0.15, -0.1) is 10.2 Å². The van der Waals surface area contributed by atoms with E-state index in [2.05, 4.69) is 20.8 Å². The molecule has 138 valence electrons. The largest absolute Gasteiger partial charge is 0.323 e. The van der Waals surface area contributed by atoms with Crippen LogP contribution in [0, 0.1) is 11.6 Å². The minimum absolute atomic E-state index is 0.0436. The maximum Gasteiger partial charge on any atom is 0.257 e. The van der Waals surface area contributed by atoms with Gasteiger partial charge in [-0.05, 0) is 24.3 Å². The molecule has 1 heterocycles. The van der Waals surface area contributed by atoms with Gasteiger partial charge in [-0.1, -0.05) is 41.3 Å². The van der Waals surface area contributed by atoms with E-state index in [-0.39, 0.29) is 17.3 Å². The minimum Gasteiger partial charge on any atom is -0.323 e. The molecule has 6 nitrogen and oxygen atoms in total. The number of aromatic nitrogens is 2. The van der Waals surface area contributed by atoms with Crippen LogP contribution in [0.25, 0.3) is 0 Å². The molecule has 27 heavy (non-hydrogen) atoms. The first-order chi connectivity index (χ1) is 13.0. The monoisotopic (exact) mass is 406 g/mol. The Morgan fingerprint density at radius 1 is 1.04 bits per heavy atom. The van der Waals surface area contributed by atoms with E-state index in [1.54, 1.807) is 30.3 Å². The standard InChI is InChI=1S/C17H12F2N4O2S2/c18-11-6-7-13(12(19)8-11)20-14(24)9-26-17-23-22-16(27-17)21-15(25)10-4-2-1-3-5-10/h1-8H,9H2,(H,20,24)(H,21,22,25). The molecule has 0 bridgehead atoms. The second-order valence-corrected chi connectivity index (χ2v) is 7.35. The highest BCUT2D eigenvalue weighted by Crippen LogP contribution is 2.26. The van der Waals surface area contributed by atoms with Gasteiger partial charge in [-0.3, -0.25) is 14.9 Å². The third-order valence-electron chi connectivity index (χ3n) is 3.19. The molecule has 0 aliphatic carbocycles. The lowest BCUT2D eigenvalue weighted by Gasteiger charge is -2.05. The highest BCUT2D eigenvalue weighted by molar-refractivity contribution is 8.01. The molecular formula is C17H12F2N4O2S2. The summed E-state index contributed by atoms with van der Waals surface area (Å²) in [5.41, 5.74) is 0.387. The lowest BCUT2D eigenvalue weighted by molar-refractivity contribution is -0.113. The van der Waals surface area contributed by atoms with Crippen molar-refractivity contribution in [3.05, 3.63) is 65.7 Å². The number of carbonyl (C=O) groups is 2. The molecule has 0 radical (unpaired) electrons. The van der Waals surface area contributed by atoms with Crippen LogP contribution in [0.15, 0.2) is 52.9 Å². The predicted molar refractivity (Wildman–Crippen MR) is 100 cm³/mol. The molecule has 3 aromatic rings. The first-order valence-corrected chi connectivity index (χ1v) is 9.39. The number of nitrogens with zero attached hydrogens (tertiary/aromatic N) is 2. The van der Waals surface area contributed by atoms with E-state index in [4.69, 9.17) is 0 Å². The molecule has 0 fully saturated rings. The summed E-state index contributed by atoms with van der Waals surface area (Å²) < 4.78 is 26.8. The van der Waals surface area contributed by atoms with Gasteiger partial charge >= 0.3 is 0 Å². The number of rotatable bonds is 6. The van der Waals surface area contributed by atoms with Crippen LogP contribution in [0.3, 0.4) is 0 Å². The van der Waals surface area contributed by atoms with E-state index >= 15 is 0 Å². The molecule has 1 aromatic heterocycles. The molecule has 0 unspecified atom stereocenters.